The number of anilines is 1. The molecule has 1 heterocycles. The fourth-order valence-corrected chi connectivity index (χ4v) is 1.71. The molecule has 2 N–H and O–H groups in total. The average Bonchev–Trinajstić information content (AvgIpc) is 2.53. The topological polar surface area (TPSA) is 87.8 Å². The van der Waals surface area contributed by atoms with Crippen molar-refractivity contribution < 1.29 is 22.4 Å². The monoisotopic (exact) mass is 342 g/mol. The lowest BCUT2D eigenvalue weighted by atomic mass is 10.2. The summed E-state index contributed by atoms with van der Waals surface area (Å²) in [6, 6.07) is 8.91. The van der Waals surface area contributed by atoms with Gasteiger partial charge in [-0.1, -0.05) is 18.2 Å². The third-order valence-electron chi connectivity index (χ3n) is 2.87. The number of halogens is 4. The molecule has 0 fully saturated rings. The van der Waals surface area contributed by atoms with Crippen LogP contribution in [0, 0.1) is 5.41 Å². The second-order valence-electron chi connectivity index (χ2n) is 4.57. The summed E-state index contributed by atoms with van der Waals surface area (Å²) in [4.78, 5) is 26.9. The molecule has 1 unspecified atom stereocenters. The minimum absolute atomic E-state index is 0.107. The van der Waals surface area contributed by atoms with Gasteiger partial charge in [-0.2, -0.15) is 18.2 Å². The maximum Gasteiger partial charge on any atom is 0.427 e. The van der Waals surface area contributed by atoms with Crippen molar-refractivity contribution in [2.45, 2.75) is 12.3 Å². The van der Waals surface area contributed by atoms with Crippen LogP contribution in [-0.2, 0) is 0 Å². The van der Waals surface area contributed by atoms with Crippen molar-refractivity contribution in [2.24, 2.45) is 0 Å². The van der Waals surface area contributed by atoms with Gasteiger partial charge in [0.15, 0.2) is 5.84 Å². The first kappa shape index (κ1) is 17.3. The van der Waals surface area contributed by atoms with Gasteiger partial charge in [0.2, 0.25) is 0 Å². The van der Waals surface area contributed by atoms with Gasteiger partial charge in [0, 0.05) is 11.8 Å². The fourth-order valence-electron chi connectivity index (χ4n) is 1.71. The Kier molecular flexibility index (Phi) is 4.77. The SMILES string of the molecule is N=C(C(F)C(F)(F)F)n1ccc(NC(=O)c2ccccc2)nc1=O. The van der Waals surface area contributed by atoms with Crippen molar-refractivity contribution in [3.05, 3.63) is 58.6 Å². The first-order chi connectivity index (χ1) is 11.2. The van der Waals surface area contributed by atoms with Crippen LogP contribution in [0.2, 0.25) is 0 Å². The summed E-state index contributed by atoms with van der Waals surface area (Å²) in [6.07, 6.45) is -8.20. The van der Waals surface area contributed by atoms with Gasteiger partial charge in [-0.15, -0.1) is 0 Å². The molecule has 1 aromatic heterocycles. The maximum absolute atomic E-state index is 13.1. The van der Waals surface area contributed by atoms with Gasteiger partial charge in [0.25, 0.3) is 12.1 Å². The number of amides is 1. The van der Waals surface area contributed by atoms with Crippen molar-refractivity contribution in [1.82, 2.24) is 9.55 Å². The number of aromatic nitrogens is 2. The second kappa shape index (κ2) is 6.60. The summed E-state index contributed by atoms with van der Waals surface area (Å²) in [6.45, 7) is 0. The number of rotatable bonds is 3. The lowest BCUT2D eigenvalue weighted by molar-refractivity contribution is -0.161. The molecular formula is C14H10F4N4O2. The van der Waals surface area contributed by atoms with Crippen LogP contribution in [0.1, 0.15) is 10.4 Å². The van der Waals surface area contributed by atoms with Gasteiger partial charge < -0.3 is 5.32 Å². The minimum Gasteiger partial charge on any atom is -0.306 e. The van der Waals surface area contributed by atoms with E-state index < -0.39 is 29.8 Å². The molecule has 6 nitrogen and oxygen atoms in total. The van der Waals surface area contributed by atoms with Crippen LogP contribution in [0.25, 0.3) is 0 Å². The van der Waals surface area contributed by atoms with Gasteiger partial charge in [-0.05, 0) is 18.2 Å². The Morgan fingerprint density at radius 2 is 1.83 bits per heavy atom. The quantitative estimate of drug-likeness (QED) is 0.509. The average molecular weight is 342 g/mol. The van der Waals surface area contributed by atoms with E-state index in [1.807, 2.05) is 0 Å². The van der Waals surface area contributed by atoms with Crippen LogP contribution in [0.15, 0.2) is 47.4 Å². The number of nitrogens with zero attached hydrogens (tertiary/aromatic N) is 2. The van der Waals surface area contributed by atoms with Crippen molar-refractivity contribution in [3.8, 4) is 0 Å². The van der Waals surface area contributed by atoms with Crippen molar-refractivity contribution in [3.63, 3.8) is 0 Å². The van der Waals surface area contributed by atoms with E-state index in [1.165, 1.54) is 12.1 Å². The zero-order valence-electron chi connectivity index (χ0n) is 11.8. The van der Waals surface area contributed by atoms with E-state index in [0.29, 0.717) is 0 Å². The van der Waals surface area contributed by atoms with Crippen molar-refractivity contribution >= 4 is 17.6 Å². The largest absolute Gasteiger partial charge is 0.427 e. The lowest BCUT2D eigenvalue weighted by Crippen LogP contribution is -2.41. The van der Waals surface area contributed by atoms with Crippen molar-refractivity contribution in [2.75, 3.05) is 5.32 Å². The summed E-state index contributed by atoms with van der Waals surface area (Å²) < 4.78 is 49.9. The highest BCUT2D eigenvalue weighted by atomic mass is 19.4. The number of hydrogen-bond donors (Lipinski definition) is 2. The van der Waals surface area contributed by atoms with Crippen LogP contribution in [0.5, 0.6) is 0 Å². The molecule has 0 aliphatic carbocycles. The molecule has 126 valence electrons. The molecule has 2 rings (SSSR count). The summed E-state index contributed by atoms with van der Waals surface area (Å²) in [5.41, 5.74) is -1.05. The van der Waals surface area contributed by atoms with Crippen LogP contribution < -0.4 is 11.0 Å². The molecule has 0 radical (unpaired) electrons. The number of hydrogen-bond acceptors (Lipinski definition) is 4. The third kappa shape index (κ3) is 3.83. The predicted molar refractivity (Wildman–Crippen MR) is 77.0 cm³/mol. The molecule has 1 atom stereocenters. The zero-order valence-corrected chi connectivity index (χ0v) is 11.8. The number of alkyl halides is 4. The fraction of sp³-hybridized carbons (Fsp3) is 0.143. The predicted octanol–water partition coefficient (Wildman–Crippen LogP) is 2.22. The maximum atomic E-state index is 13.1. The molecule has 1 aromatic carbocycles. The molecule has 2 aromatic rings. The van der Waals surface area contributed by atoms with Crippen LogP contribution in [0.3, 0.4) is 0 Å². The first-order valence-corrected chi connectivity index (χ1v) is 6.46. The standard InChI is InChI=1S/C14H10F4N4O2/c15-10(14(16,17)18)11(19)22-7-6-9(21-13(22)24)20-12(23)8-4-2-1-3-5-8/h1-7,10,19H,(H,20,21,23,24). The molecule has 0 saturated heterocycles. The Balaban J connectivity index is 2.20. The number of nitrogens with one attached hydrogen (secondary N) is 2. The summed E-state index contributed by atoms with van der Waals surface area (Å²) in [7, 11) is 0. The molecule has 1 amide bonds. The van der Waals surface area contributed by atoms with Gasteiger partial charge in [0.1, 0.15) is 5.82 Å². The highest BCUT2D eigenvalue weighted by Gasteiger charge is 2.44. The van der Waals surface area contributed by atoms with Crippen LogP contribution in [-0.4, -0.2) is 33.6 Å². The summed E-state index contributed by atoms with van der Waals surface area (Å²) >= 11 is 0. The van der Waals surface area contributed by atoms with E-state index in [4.69, 9.17) is 5.41 Å². The van der Waals surface area contributed by atoms with E-state index in [9.17, 15) is 27.2 Å². The van der Waals surface area contributed by atoms with Crippen LogP contribution >= 0.6 is 0 Å². The Morgan fingerprint density at radius 3 is 2.38 bits per heavy atom. The third-order valence-corrected chi connectivity index (χ3v) is 2.87. The molecular weight excluding hydrogens is 332 g/mol. The lowest BCUT2D eigenvalue weighted by Gasteiger charge is -2.14. The normalized spacial score (nSPS) is 12.5. The Morgan fingerprint density at radius 1 is 1.21 bits per heavy atom. The minimum atomic E-state index is -5.31. The summed E-state index contributed by atoms with van der Waals surface area (Å²) in [5, 5.41) is 9.39. The Labute approximate surface area is 132 Å². The Hall–Kier alpha value is -3.04. The highest BCUT2D eigenvalue weighted by molar-refractivity contribution is 6.03. The van der Waals surface area contributed by atoms with E-state index >= 15 is 0 Å². The van der Waals surface area contributed by atoms with E-state index in [1.54, 1.807) is 18.2 Å². The van der Waals surface area contributed by atoms with Crippen LogP contribution in [0.4, 0.5) is 23.4 Å². The Bertz CT molecular complexity index is 818. The number of carbonyl (C=O) groups is 1. The first-order valence-electron chi connectivity index (χ1n) is 6.46. The number of benzene rings is 1. The number of carbonyl (C=O) groups excluding carboxylic acids is 1. The molecule has 0 aliphatic rings. The van der Waals surface area contributed by atoms with E-state index in [-0.39, 0.29) is 15.9 Å². The van der Waals surface area contributed by atoms with E-state index in [0.717, 1.165) is 12.3 Å². The van der Waals surface area contributed by atoms with Gasteiger partial charge in [0.05, 0.1) is 0 Å². The smallest absolute Gasteiger partial charge is 0.306 e. The molecule has 24 heavy (non-hydrogen) atoms. The zero-order chi connectivity index (χ0) is 17.9. The molecule has 0 saturated carbocycles. The van der Waals surface area contributed by atoms with Crippen molar-refractivity contribution in [1.29, 1.82) is 5.41 Å². The second-order valence-corrected chi connectivity index (χ2v) is 4.57. The molecule has 0 bridgehead atoms. The summed E-state index contributed by atoms with van der Waals surface area (Å²) in [5.74, 6) is -2.43. The van der Waals surface area contributed by atoms with Gasteiger partial charge in [-0.25, -0.2) is 9.18 Å². The highest BCUT2D eigenvalue weighted by Crippen LogP contribution is 2.23. The van der Waals surface area contributed by atoms with Gasteiger partial charge in [-0.3, -0.25) is 14.8 Å². The van der Waals surface area contributed by atoms with E-state index in [2.05, 4.69) is 10.3 Å². The molecule has 0 aliphatic heterocycles. The molecule has 10 heteroatoms. The van der Waals surface area contributed by atoms with Gasteiger partial charge >= 0.3 is 11.9 Å². The molecule has 0 spiro atoms.